The molecule has 1 aliphatic heterocycles. The summed E-state index contributed by atoms with van der Waals surface area (Å²) in [5.41, 5.74) is 2.87. The van der Waals surface area contributed by atoms with E-state index in [0.717, 1.165) is 24.4 Å². The van der Waals surface area contributed by atoms with Crippen molar-refractivity contribution in [2.24, 2.45) is 0 Å². The summed E-state index contributed by atoms with van der Waals surface area (Å²) in [6.45, 7) is 3.55. The van der Waals surface area contributed by atoms with Crippen LogP contribution in [0.2, 0.25) is 0 Å². The summed E-state index contributed by atoms with van der Waals surface area (Å²) in [6, 6.07) is 9.51. The highest BCUT2D eigenvalue weighted by Gasteiger charge is 2.15. The standard InChI is InChI=1S/C12H14N2O/c1-9(10-7-13-8-10)12(15)14-11-5-3-2-4-6-11/h2-6,13H,7-8H2,1H3,(H,14,15). The first kappa shape index (κ1) is 9.93. The lowest BCUT2D eigenvalue weighted by atomic mass is 10.0. The Kier molecular flexibility index (Phi) is 2.83. The summed E-state index contributed by atoms with van der Waals surface area (Å²) in [5.74, 6) is -0.00213. The van der Waals surface area contributed by atoms with Crippen molar-refractivity contribution in [2.45, 2.75) is 6.92 Å². The van der Waals surface area contributed by atoms with Crippen molar-refractivity contribution in [3.05, 3.63) is 41.5 Å². The number of hydrogen-bond acceptors (Lipinski definition) is 2. The molecule has 15 heavy (non-hydrogen) atoms. The van der Waals surface area contributed by atoms with E-state index in [1.165, 1.54) is 5.57 Å². The van der Waals surface area contributed by atoms with Crippen molar-refractivity contribution in [3.63, 3.8) is 0 Å². The molecule has 2 rings (SSSR count). The Hall–Kier alpha value is -1.61. The number of nitrogens with one attached hydrogen (secondary N) is 2. The molecule has 1 heterocycles. The van der Waals surface area contributed by atoms with Crippen LogP contribution < -0.4 is 10.6 Å². The second kappa shape index (κ2) is 4.28. The van der Waals surface area contributed by atoms with Crippen molar-refractivity contribution in [1.29, 1.82) is 0 Å². The number of anilines is 1. The van der Waals surface area contributed by atoms with Gasteiger partial charge in [-0.3, -0.25) is 4.79 Å². The van der Waals surface area contributed by atoms with Gasteiger partial charge in [-0.25, -0.2) is 0 Å². The molecule has 1 aromatic rings. The van der Waals surface area contributed by atoms with Gasteiger partial charge in [0.05, 0.1) is 0 Å². The lowest BCUT2D eigenvalue weighted by molar-refractivity contribution is -0.112. The van der Waals surface area contributed by atoms with Gasteiger partial charge < -0.3 is 10.6 Å². The van der Waals surface area contributed by atoms with E-state index in [2.05, 4.69) is 10.6 Å². The lowest BCUT2D eigenvalue weighted by Gasteiger charge is -2.21. The largest absolute Gasteiger partial charge is 0.322 e. The van der Waals surface area contributed by atoms with Crippen LogP contribution in [0.3, 0.4) is 0 Å². The van der Waals surface area contributed by atoms with Crippen LogP contribution in [-0.4, -0.2) is 19.0 Å². The van der Waals surface area contributed by atoms with Crippen LogP contribution in [0.1, 0.15) is 6.92 Å². The van der Waals surface area contributed by atoms with Crippen LogP contribution in [0.15, 0.2) is 41.5 Å². The molecule has 3 nitrogen and oxygen atoms in total. The zero-order valence-electron chi connectivity index (χ0n) is 8.71. The van der Waals surface area contributed by atoms with Gasteiger partial charge in [0.25, 0.3) is 5.91 Å². The highest BCUT2D eigenvalue weighted by Crippen LogP contribution is 2.12. The molecular weight excluding hydrogens is 188 g/mol. The van der Waals surface area contributed by atoms with Crippen LogP contribution in [0.5, 0.6) is 0 Å². The van der Waals surface area contributed by atoms with Gasteiger partial charge in [-0.15, -0.1) is 0 Å². The van der Waals surface area contributed by atoms with Crippen molar-refractivity contribution in [3.8, 4) is 0 Å². The fourth-order valence-corrected chi connectivity index (χ4v) is 1.42. The van der Waals surface area contributed by atoms with E-state index in [4.69, 9.17) is 0 Å². The number of carbonyl (C=O) groups excluding carboxylic acids is 1. The second-order valence-electron chi connectivity index (χ2n) is 3.65. The summed E-state index contributed by atoms with van der Waals surface area (Å²) in [6.07, 6.45) is 0. The van der Waals surface area contributed by atoms with Gasteiger partial charge in [0.15, 0.2) is 0 Å². The molecule has 1 amide bonds. The van der Waals surface area contributed by atoms with Gasteiger partial charge >= 0.3 is 0 Å². The van der Waals surface area contributed by atoms with Crippen LogP contribution in [0.25, 0.3) is 0 Å². The summed E-state index contributed by atoms with van der Waals surface area (Å²) in [4.78, 5) is 11.7. The summed E-state index contributed by atoms with van der Waals surface area (Å²) < 4.78 is 0. The van der Waals surface area contributed by atoms with Crippen LogP contribution >= 0.6 is 0 Å². The summed E-state index contributed by atoms with van der Waals surface area (Å²) in [7, 11) is 0. The molecule has 1 aromatic carbocycles. The van der Waals surface area contributed by atoms with E-state index >= 15 is 0 Å². The highest BCUT2D eigenvalue weighted by atomic mass is 16.1. The van der Waals surface area contributed by atoms with Crippen molar-refractivity contribution in [1.82, 2.24) is 5.32 Å². The molecule has 0 saturated carbocycles. The van der Waals surface area contributed by atoms with Gasteiger partial charge in [-0.1, -0.05) is 18.2 Å². The number of hydrogen-bond donors (Lipinski definition) is 2. The van der Waals surface area contributed by atoms with Crippen LogP contribution in [-0.2, 0) is 4.79 Å². The normalized spacial score (nSPS) is 14.3. The Morgan fingerprint density at radius 2 is 1.93 bits per heavy atom. The van der Waals surface area contributed by atoms with E-state index < -0.39 is 0 Å². The molecule has 0 atom stereocenters. The molecule has 0 spiro atoms. The third kappa shape index (κ3) is 2.25. The van der Waals surface area contributed by atoms with E-state index in [-0.39, 0.29) is 5.91 Å². The maximum atomic E-state index is 11.7. The minimum atomic E-state index is -0.00213. The predicted octanol–water partition coefficient (Wildman–Crippen LogP) is 1.54. The van der Waals surface area contributed by atoms with Crippen molar-refractivity contribution < 1.29 is 4.79 Å². The summed E-state index contributed by atoms with van der Waals surface area (Å²) in [5, 5.41) is 5.99. The minimum absolute atomic E-state index is 0.00213. The Balaban J connectivity index is 2.04. The Labute approximate surface area is 89.2 Å². The van der Waals surface area contributed by atoms with Crippen LogP contribution in [0, 0.1) is 0 Å². The topological polar surface area (TPSA) is 41.1 Å². The lowest BCUT2D eigenvalue weighted by Crippen LogP contribution is -2.36. The molecule has 0 bridgehead atoms. The first-order valence-electron chi connectivity index (χ1n) is 5.03. The zero-order chi connectivity index (χ0) is 10.7. The van der Waals surface area contributed by atoms with Crippen molar-refractivity contribution >= 4 is 11.6 Å². The fourth-order valence-electron chi connectivity index (χ4n) is 1.42. The molecule has 0 radical (unpaired) electrons. The molecule has 1 saturated heterocycles. The Bertz CT molecular complexity index is 389. The number of para-hydroxylation sites is 1. The fraction of sp³-hybridized carbons (Fsp3) is 0.250. The molecule has 2 N–H and O–H groups in total. The molecule has 0 aliphatic carbocycles. The predicted molar refractivity (Wildman–Crippen MR) is 60.6 cm³/mol. The van der Waals surface area contributed by atoms with Gasteiger partial charge in [0.1, 0.15) is 0 Å². The van der Waals surface area contributed by atoms with Gasteiger partial charge in [-0.05, 0) is 24.6 Å². The zero-order valence-corrected chi connectivity index (χ0v) is 8.71. The molecular formula is C12H14N2O. The molecule has 0 aromatic heterocycles. The minimum Gasteiger partial charge on any atom is -0.322 e. The Morgan fingerprint density at radius 3 is 2.47 bits per heavy atom. The molecule has 3 heteroatoms. The quantitative estimate of drug-likeness (QED) is 0.714. The number of amides is 1. The van der Waals surface area contributed by atoms with E-state index in [1.807, 2.05) is 37.3 Å². The Morgan fingerprint density at radius 1 is 1.27 bits per heavy atom. The molecule has 0 unspecified atom stereocenters. The first-order chi connectivity index (χ1) is 7.27. The van der Waals surface area contributed by atoms with Gasteiger partial charge in [-0.2, -0.15) is 0 Å². The number of rotatable bonds is 2. The van der Waals surface area contributed by atoms with Gasteiger partial charge in [0, 0.05) is 24.4 Å². The number of carbonyl (C=O) groups is 1. The molecule has 78 valence electrons. The maximum Gasteiger partial charge on any atom is 0.251 e. The summed E-state index contributed by atoms with van der Waals surface area (Å²) >= 11 is 0. The van der Waals surface area contributed by atoms with E-state index in [9.17, 15) is 4.79 Å². The second-order valence-corrected chi connectivity index (χ2v) is 3.65. The SMILES string of the molecule is CC(C(=O)Nc1ccccc1)=C1CNC1. The highest BCUT2D eigenvalue weighted by molar-refractivity contribution is 6.04. The van der Waals surface area contributed by atoms with Crippen molar-refractivity contribution in [2.75, 3.05) is 18.4 Å². The average Bonchev–Trinajstić information content (AvgIpc) is 2.16. The van der Waals surface area contributed by atoms with Crippen LogP contribution in [0.4, 0.5) is 5.69 Å². The molecule has 1 aliphatic rings. The smallest absolute Gasteiger partial charge is 0.251 e. The van der Waals surface area contributed by atoms with Gasteiger partial charge in [0.2, 0.25) is 0 Å². The van der Waals surface area contributed by atoms with E-state index in [0.29, 0.717) is 0 Å². The third-order valence-corrected chi connectivity index (χ3v) is 2.58. The monoisotopic (exact) mass is 202 g/mol. The maximum absolute atomic E-state index is 11.7. The number of benzene rings is 1. The molecule has 1 fully saturated rings. The average molecular weight is 202 g/mol. The third-order valence-electron chi connectivity index (χ3n) is 2.58. The first-order valence-corrected chi connectivity index (χ1v) is 5.03. The van der Waals surface area contributed by atoms with E-state index in [1.54, 1.807) is 0 Å².